The molecule has 32 heavy (non-hydrogen) atoms. The standard InChI is InChI=1S/C19H28N4O7S2/c1-20(16-6-4-3-5-7-16)32(29,30)22-10-8-21(9-11-22)19(24)15-12-17(23(25)26)14-18(13-15)31(2,27)28/h12-14,16H,3-11H2,1-2H3. The second kappa shape index (κ2) is 9.41. The molecule has 1 aliphatic heterocycles. The van der Waals surface area contributed by atoms with Gasteiger partial charge in [0.05, 0.1) is 9.82 Å². The van der Waals surface area contributed by atoms with E-state index in [4.69, 9.17) is 0 Å². The van der Waals surface area contributed by atoms with Gasteiger partial charge in [0.2, 0.25) is 0 Å². The summed E-state index contributed by atoms with van der Waals surface area (Å²) >= 11 is 0. The van der Waals surface area contributed by atoms with Crippen LogP contribution in [0.1, 0.15) is 42.5 Å². The number of hydrogen-bond acceptors (Lipinski definition) is 7. The van der Waals surface area contributed by atoms with Crippen molar-refractivity contribution in [3.8, 4) is 0 Å². The fraction of sp³-hybridized carbons (Fsp3) is 0.632. The Morgan fingerprint density at radius 2 is 1.62 bits per heavy atom. The monoisotopic (exact) mass is 488 g/mol. The molecule has 1 heterocycles. The van der Waals surface area contributed by atoms with Gasteiger partial charge in [0, 0.05) is 63.2 Å². The zero-order chi connectivity index (χ0) is 23.7. The highest BCUT2D eigenvalue weighted by Crippen LogP contribution is 2.26. The average Bonchev–Trinajstić information content (AvgIpc) is 2.77. The first-order valence-electron chi connectivity index (χ1n) is 10.4. The van der Waals surface area contributed by atoms with E-state index in [2.05, 4.69) is 0 Å². The Kier molecular flexibility index (Phi) is 7.22. The van der Waals surface area contributed by atoms with Crippen LogP contribution in [0.25, 0.3) is 0 Å². The second-order valence-corrected chi connectivity index (χ2v) is 12.3. The van der Waals surface area contributed by atoms with Crippen LogP contribution in [-0.4, -0.2) is 86.7 Å². The number of non-ortho nitro benzene ring substituents is 1. The number of nitro groups is 1. The van der Waals surface area contributed by atoms with Gasteiger partial charge in [-0.2, -0.15) is 17.0 Å². The molecule has 13 heteroatoms. The van der Waals surface area contributed by atoms with E-state index in [1.807, 2.05) is 0 Å². The third-order valence-corrected chi connectivity index (χ3v) is 9.22. The number of carbonyl (C=O) groups is 1. The van der Waals surface area contributed by atoms with Crippen LogP contribution in [0.3, 0.4) is 0 Å². The lowest BCUT2D eigenvalue weighted by atomic mass is 9.96. The van der Waals surface area contributed by atoms with Crippen LogP contribution < -0.4 is 0 Å². The topological polar surface area (TPSA) is 138 Å². The van der Waals surface area contributed by atoms with Gasteiger partial charge in [-0.3, -0.25) is 14.9 Å². The number of hydrogen-bond donors (Lipinski definition) is 0. The van der Waals surface area contributed by atoms with Crippen LogP contribution in [0, 0.1) is 10.1 Å². The second-order valence-electron chi connectivity index (χ2n) is 8.25. The van der Waals surface area contributed by atoms with Crippen molar-refractivity contribution in [2.24, 2.45) is 0 Å². The van der Waals surface area contributed by atoms with Crippen molar-refractivity contribution in [3.05, 3.63) is 33.9 Å². The molecule has 2 aliphatic rings. The lowest BCUT2D eigenvalue weighted by molar-refractivity contribution is -0.385. The van der Waals surface area contributed by atoms with Gasteiger partial charge in [-0.15, -0.1) is 0 Å². The van der Waals surface area contributed by atoms with Gasteiger partial charge in [-0.05, 0) is 18.9 Å². The maximum absolute atomic E-state index is 13.0. The van der Waals surface area contributed by atoms with E-state index in [9.17, 15) is 31.7 Å². The summed E-state index contributed by atoms with van der Waals surface area (Å²) in [6, 6.07) is 3.05. The molecule has 0 aromatic heterocycles. The van der Waals surface area contributed by atoms with E-state index in [1.54, 1.807) is 7.05 Å². The molecule has 11 nitrogen and oxygen atoms in total. The first-order valence-corrected chi connectivity index (χ1v) is 13.7. The van der Waals surface area contributed by atoms with Crippen molar-refractivity contribution in [1.82, 2.24) is 13.5 Å². The normalized spacial score (nSPS) is 19.3. The number of rotatable bonds is 6. The van der Waals surface area contributed by atoms with Crippen LogP contribution in [0.4, 0.5) is 5.69 Å². The van der Waals surface area contributed by atoms with Crippen molar-refractivity contribution in [1.29, 1.82) is 0 Å². The first-order chi connectivity index (χ1) is 14.9. The maximum atomic E-state index is 13.0. The lowest BCUT2D eigenvalue weighted by Gasteiger charge is -2.38. The molecule has 0 spiro atoms. The fourth-order valence-electron chi connectivity index (χ4n) is 4.15. The molecule has 0 atom stereocenters. The Bertz CT molecular complexity index is 1090. The number of amides is 1. The molecule has 0 unspecified atom stereocenters. The first kappa shape index (κ1) is 24.6. The summed E-state index contributed by atoms with van der Waals surface area (Å²) in [4.78, 5) is 24.4. The van der Waals surface area contributed by atoms with Gasteiger partial charge in [0.1, 0.15) is 0 Å². The summed E-state index contributed by atoms with van der Waals surface area (Å²) in [5.74, 6) is -0.573. The number of sulfone groups is 1. The van der Waals surface area contributed by atoms with Crippen molar-refractivity contribution in [2.75, 3.05) is 39.5 Å². The van der Waals surface area contributed by atoms with Crippen LogP contribution >= 0.6 is 0 Å². The smallest absolute Gasteiger partial charge is 0.282 e. The summed E-state index contributed by atoms with van der Waals surface area (Å²) in [6.45, 7) is 0.402. The number of benzene rings is 1. The van der Waals surface area contributed by atoms with Crippen LogP contribution in [0.5, 0.6) is 0 Å². The van der Waals surface area contributed by atoms with E-state index >= 15 is 0 Å². The van der Waals surface area contributed by atoms with E-state index in [0.717, 1.165) is 56.6 Å². The zero-order valence-electron chi connectivity index (χ0n) is 18.1. The molecular weight excluding hydrogens is 460 g/mol. The molecule has 0 radical (unpaired) electrons. The van der Waals surface area contributed by atoms with Gasteiger partial charge >= 0.3 is 0 Å². The molecule has 1 aromatic rings. The molecule has 3 rings (SSSR count). The predicted molar refractivity (Wildman–Crippen MR) is 117 cm³/mol. The molecule has 1 amide bonds. The molecule has 178 valence electrons. The highest BCUT2D eigenvalue weighted by Gasteiger charge is 2.35. The summed E-state index contributed by atoms with van der Waals surface area (Å²) < 4.78 is 52.6. The van der Waals surface area contributed by atoms with E-state index in [0.29, 0.717) is 0 Å². The minimum absolute atomic E-state index is 0.0207. The van der Waals surface area contributed by atoms with Gasteiger partial charge < -0.3 is 4.90 Å². The highest BCUT2D eigenvalue weighted by atomic mass is 32.2. The van der Waals surface area contributed by atoms with Crippen molar-refractivity contribution in [2.45, 2.75) is 43.0 Å². The van der Waals surface area contributed by atoms with Gasteiger partial charge in [-0.25, -0.2) is 8.42 Å². The quantitative estimate of drug-likeness (QED) is 0.434. The number of nitro benzene ring substituents is 1. The molecule has 1 aliphatic carbocycles. The minimum atomic E-state index is -3.76. The summed E-state index contributed by atoms with van der Waals surface area (Å²) in [7, 11) is -5.83. The fourth-order valence-corrected chi connectivity index (χ4v) is 6.40. The SMILES string of the molecule is CN(C1CCCCC1)S(=O)(=O)N1CCN(C(=O)c2cc([N+](=O)[O-])cc(S(C)(=O)=O)c2)CC1. The van der Waals surface area contributed by atoms with E-state index < -0.39 is 36.6 Å². The van der Waals surface area contributed by atoms with Gasteiger partial charge in [0.25, 0.3) is 21.8 Å². The van der Waals surface area contributed by atoms with Crippen molar-refractivity contribution < 1.29 is 26.6 Å². The lowest BCUT2D eigenvalue weighted by Crippen LogP contribution is -2.55. The van der Waals surface area contributed by atoms with Gasteiger partial charge in [-0.1, -0.05) is 19.3 Å². The largest absolute Gasteiger partial charge is 0.336 e. The van der Waals surface area contributed by atoms with E-state index in [-0.39, 0.29) is 42.7 Å². The van der Waals surface area contributed by atoms with Gasteiger partial charge in [0.15, 0.2) is 9.84 Å². The zero-order valence-corrected chi connectivity index (χ0v) is 19.8. The Labute approximate surface area is 188 Å². The Morgan fingerprint density at radius 3 is 2.16 bits per heavy atom. The third kappa shape index (κ3) is 5.27. The highest BCUT2D eigenvalue weighted by molar-refractivity contribution is 7.90. The molecule has 1 aromatic carbocycles. The Hall–Kier alpha value is -2.09. The van der Waals surface area contributed by atoms with Crippen LogP contribution in [0.2, 0.25) is 0 Å². The molecule has 0 N–H and O–H groups in total. The van der Waals surface area contributed by atoms with Crippen LogP contribution in [-0.2, 0) is 20.0 Å². The summed E-state index contributed by atoms with van der Waals surface area (Å²) in [6.07, 6.45) is 5.71. The van der Waals surface area contributed by atoms with E-state index in [1.165, 1.54) is 13.5 Å². The maximum Gasteiger partial charge on any atom is 0.282 e. The molecule has 0 bridgehead atoms. The molecule has 1 saturated heterocycles. The third-order valence-electron chi connectivity index (χ3n) is 6.08. The minimum Gasteiger partial charge on any atom is -0.336 e. The molecule has 2 fully saturated rings. The van der Waals surface area contributed by atoms with Crippen molar-refractivity contribution in [3.63, 3.8) is 0 Å². The Balaban J connectivity index is 1.73. The summed E-state index contributed by atoms with van der Waals surface area (Å²) in [5.41, 5.74) is -0.609. The van der Waals surface area contributed by atoms with Crippen molar-refractivity contribution >= 4 is 31.6 Å². The molecular formula is C19H28N4O7S2. The number of nitrogens with zero attached hydrogens (tertiary/aromatic N) is 4. The number of carbonyl (C=O) groups excluding carboxylic acids is 1. The predicted octanol–water partition coefficient (Wildman–Crippen LogP) is 1.27. The average molecular weight is 489 g/mol. The summed E-state index contributed by atoms with van der Waals surface area (Å²) in [5, 5.41) is 11.2. The number of piperazine rings is 1. The van der Waals surface area contributed by atoms with Crippen LogP contribution in [0.15, 0.2) is 23.1 Å². The Morgan fingerprint density at radius 1 is 1.03 bits per heavy atom. The molecule has 1 saturated carbocycles.